The van der Waals surface area contributed by atoms with Gasteiger partial charge in [-0.3, -0.25) is 4.99 Å². The Morgan fingerprint density at radius 3 is 1.96 bits per heavy atom. The van der Waals surface area contributed by atoms with Crippen molar-refractivity contribution in [3.63, 3.8) is 0 Å². The van der Waals surface area contributed by atoms with Crippen LogP contribution in [0.15, 0.2) is 39.2 Å². The van der Waals surface area contributed by atoms with Gasteiger partial charge in [0.25, 0.3) is 0 Å². The summed E-state index contributed by atoms with van der Waals surface area (Å²) >= 11 is 0. The second-order valence-corrected chi connectivity index (χ2v) is 5.55. The molecule has 0 aliphatic heterocycles. The molecule has 7 N–H and O–H groups in total. The Labute approximate surface area is 147 Å². The van der Waals surface area contributed by atoms with Gasteiger partial charge in [0.05, 0.1) is 11.8 Å². The summed E-state index contributed by atoms with van der Waals surface area (Å²) in [5, 5.41) is 67.9. The first-order valence-corrected chi connectivity index (χ1v) is 8.09. The molecule has 0 aromatic carbocycles. The minimum atomic E-state index is -1.54. The van der Waals surface area contributed by atoms with Gasteiger partial charge in [-0.2, -0.15) is 0 Å². The minimum Gasteiger partial charge on any atom is -0.509 e. The van der Waals surface area contributed by atoms with Crippen molar-refractivity contribution >= 4 is 5.71 Å². The summed E-state index contributed by atoms with van der Waals surface area (Å²) in [6, 6.07) is 0. The van der Waals surface area contributed by atoms with Crippen molar-refractivity contribution < 1.29 is 35.7 Å². The number of hydrogen-bond donors (Lipinski definition) is 7. The highest BCUT2D eigenvalue weighted by atomic mass is 16.4. The third-order valence-electron chi connectivity index (χ3n) is 3.51. The van der Waals surface area contributed by atoms with Crippen molar-refractivity contribution in [2.24, 2.45) is 4.99 Å². The average molecular weight is 359 g/mol. The number of aliphatic hydroxyl groups is 7. The van der Waals surface area contributed by atoms with E-state index < -0.39 is 41.9 Å². The number of rotatable bonds is 9. The maximum absolute atomic E-state index is 10.3. The summed E-state index contributed by atoms with van der Waals surface area (Å²) in [5.41, 5.74) is 0.363. The van der Waals surface area contributed by atoms with E-state index in [1.807, 2.05) is 6.92 Å². The summed E-state index contributed by atoms with van der Waals surface area (Å²) < 4.78 is 0. The van der Waals surface area contributed by atoms with Gasteiger partial charge in [0.2, 0.25) is 0 Å². The van der Waals surface area contributed by atoms with E-state index in [0.29, 0.717) is 6.42 Å². The van der Waals surface area contributed by atoms with Crippen LogP contribution < -0.4 is 0 Å². The molecule has 144 valence electrons. The summed E-state index contributed by atoms with van der Waals surface area (Å²) in [6.45, 7) is 5.70. The normalized spacial score (nSPS) is 18.1. The van der Waals surface area contributed by atoms with Crippen LogP contribution in [0.1, 0.15) is 40.5 Å². The quantitative estimate of drug-likeness (QED) is 0.188. The molecule has 0 aromatic rings. The van der Waals surface area contributed by atoms with E-state index in [1.54, 1.807) is 6.92 Å². The molecule has 2 unspecified atom stereocenters. The molecule has 0 radical (unpaired) electrons. The van der Waals surface area contributed by atoms with Gasteiger partial charge in [0.15, 0.2) is 17.3 Å². The summed E-state index contributed by atoms with van der Waals surface area (Å²) in [6.07, 6.45) is -1.98. The van der Waals surface area contributed by atoms with Crippen molar-refractivity contribution in [2.45, 2.75) is 52.7 Å². The molecule has 0 heterocycles. The van der Waals surface area contributed by atoms with E-state index in [1.165, 1.54) is 13.8 Å². The van der Waals surface area contributed by atoms with Crippen LogP contribution in [-0.4, -0.2) is 66.8 Å². The van der Waals surface area contributed by atoms with E-state index in [-0.39, 0.29) is 29.8 Å². The van der Waals surface area contributed by atoms with Crippen LogP contribution in [0.5, 0.6) is 0 Å². The number of hydrogen-bond acceptors (Lipinski definition) is 8. The Morgan fingerprint density at radius 1 is 1.00 bits per heavy atom. The van der Waals surface area contributed by atoms with Crippen LogP contribution in [0, 0.1) is 0 Å². The van der Waals surface area contributed by atoms with Gasteiger partial charge in [0, 0.05) is 17.7 Å². The van der Waals surface area contributed by atoms with E-state index in [2.05, 4.69) is 4.99 Å². The molecule has 0 aromatic heterocycles. The molecule has 8 nitrogen and oxygen atoms in total. The lowest BCUT2D eigenvalue weighted by Crippen LogP contribution is -2.27. The van der Waals surface area contributed by atoms with Crippen molar-refractivity contribution in [2.75, 3.05) is 13.2 Å². The third kappa shape index (κ3) is 6.08. The highest BCUT2D eigenvalue weighted by molar-refractivity contribution is 6.12. The second kappa shape index (κ2) is 10.8. The Balaban J connectivity index is 6.45. The molecule has 0 amide bonds. The molecule has 0 rings (SSSR count). The highest BCUT2D eigenvalue weighted by Gasteiger charge is 2.24. The number of allylic oxidation sites excluding steroid dienone is 2. The fourth-order valence-electron chi connectivity index (χ4n) is 2.12. The molecule has 0 fully saturated rings. The number of aliphatic hydroxyl groups excluding tert-OH is 7. The van der Waals surface area contributed by atoms with Crippen molar-refractivity contribution in [3.8, 4) is 0 Å². The summed E-state index contributed by atoms with van der Waals surface area (Å²) in [4.78, 5) is 4.20. The fourth-order valence-corrected chi connectivity index (χ4v) is 2.12. The van der Waals surface area contributed by atoms with Crippen LogP contribution >= 0.6 is 0 Å². The molecule has 8 heteroatoms. The average Bonchev–Trinajstić information content (AvgIpc) is 2.60. The van der Waals surface area contributed by atoms with Crippen LogP contribution in [0.25, 0.3) is 0 Å². The van der Waals surface area contributed by atoms with Crippen LogP contribution in [-0.2, 0) is 0 Å². The zero-order valence-electron chi connectivity index (χ0n) is 15.1. The van der Waals surface area contributed by atoms with Gasteiger partial charge < -0.3 is 35.7 Å². The predicted octanol–water partition coefficient (Wildman–Crippen LogP) is 1.95. The molecule has 0 aliphatic rings. The molecular formula is C17H29NO7. The second-order valence-electron chi connectivity index (χ2n) is 5.55. The third-order valence-corrected chi connectivity index (χ3v) is 3.51. The van der Waals surface area contributed by atoms with Gasteiger partial charge in [-0.25, -0.2) is 0 Å². The molecule has 0 saturated heterocycles. The maximum atomic E-state index is 10.3. The molecular weight excluding hydrogens is 330 g/mol. The molecule has 0 bridgehead atoms. The zero-order chi connectivity index (χ0) is 19.7. The minimum absolute atomic E-state index is 0.113. The Kier molecular flexibility index (Phi) is 9.88. The molecule has 0 saturated carbocycles. The largest absolute Gasteiger partial charge is 0.509 e. The SMILES string of the molecule is CCCC(=C(O)C(/O)=C(/O)CO)C(=N\CC)/C(C)=C(/O)C(O)C(C)O. The lowest BCUT2D eigenvalue weighted by Gasteiger charge is -2.19. The van der Waals surface area contributed by atoms with E-state index in [9.17, 15) is 30.6 Å². The zero-order valence-corrected chi connectivity index (χ0v) is 15.1. The summed E-state index contributed by atoms with van der Waals surface area (Å²) in [7, 11) is 0. The van der Waals surface area contributed by atoms with E-state index in [0.717, 1.165) is 0 Å². The van der Waals surface area contributed by atoms with Crippen molar-refractivity contribution in [1.82, 2.24) is 0 Å². The van der Waals surface area contributed by atoms with Crippen LogP contribution in [0.4, 0.5) is 0 Å². The smallest absolute Gasteiger partial charge is 0.198 e. The molecule has 2 atom stereocenters. The molecule has 0 spiro atoms. The van der Waals surface area contributed by atoms with Crippen LogP contribution in [0.2, 0.25) is 0 Å². The first-order valence-electron chi connectivity index (χ1n) is 8.09. The van der Waals surface area contributed by atoms with Crippen LogP contribution in [0.3, 0.4) is 0 Å². The number of aliphatic imine (C=N–C) groups is 1. The van der Waals surface area contributed by atoms with Crippen molar-refractivity contribution in [1.29, 1.82) is 0 Å². The maximum Gasteiger partial charge on any atom is 0.198 e. The predicted molar refractivity (Wildman–Crippen MR) is 94.9 cm³/mol. The topological polar surface area (TPSA) is 154 Å². The van der Waals surface area contributed by atoms with Crippen molar-refractivity contribution in [3.05, 3.63) is 34.2 Å². The molecule has 0 aliphatic carbocycles. The Morgan fingerprint density at radius 2 is 1.56 bits per heavy atom. The Bertz CT molecular complexity index is 574. The van der Waals surface area contributed by atoms with Gasteiger partial charge >= 0.3 is 0 Å². The van der Waals surface area contributed by atoms with E-state index >= 15 is 0 Å². The first kappa shape index (κ1) is 23.0. The van der Waals surface area contributed by atoms with Gasteiger partial charge in [-0.15, -0.1) is 0 Å². The standard InChI is InChI=1S/C17H29NO7/c1-5-7-11(16(24)17(25)12(21)8-19)13(18-6-2)9(3)14(22)15(23)10(4)20/h10,15,19-25H,5-8H2,1-4H3/b14-9+,16-11?,17-12-,18-13-. The van der Waals surface area contributed by atoms with Gasteiger partial charge in [-0.05, 0) is 27.2 Å². The highest BCUT2D eigenvalue weighted by Crippen LogP contribution is 2.24. The van der Waals surface area contributed by atoms with Gasteiger partial charge in [-0.1, -0.05) is 13.3 Å². The lowest BCUT2D eigenvalue weighted by atomic mass is 9.94. The number of nitrogens with zero attached hydrogens (tertiary/aromatic N) is 1. The first-order chi connectivity index (χ1) is 11.6. The Hall–Kier alpha value is -2.03. The van der Waals surface area contributed by atoms with E-state index in [4.69, 9.17) is 5.11 Å². The molecule has 25 heavy (non-hydrogen) atoms. The summed E-state index contributed by atoms with van der Waals surface area (Å²) in [5.74, 6) is -2.90. The monoisotopic (exact) mass is 359 g/mol. The fraction of sp³-hybridized carbons (Fsp3) is 0.588. The van der Waals surface area contributed by atoms with Gasteiger partial charge in [0.1, 0.15) is 18.5 Å². The lowest BCUT2D eigenvalue weighted by molar-refractivity contribution is 0.0287.